The van der Waals surface area contributed by atoms with Crippen molar-refractivity contribution in [2.24, 2.45) is 17.8 Å². The van der Waals surface area contributed by atoms with E-state index in [-0.39, 0.29) is 61.0 Å². The van der Waals surface area contributed by atoms with Gasteiger partial charge in [-0.3, -0.25) is 0 Å². The van der Waals surface area contributed by atoms with Gasteiger partial charge in [0.05, 0.1) is 0 Å². The van der Waals surface area contributed by atoms with Crippen LogP contribution in [0.25, 0.3) is 0 Å². The number of hydrogen-bond acceptors (Lipinski definition) is 6. The van der Waals surface area contributed by atoms with Gasteiger partial charge in [-0.05, 0) is 56.3 Å². The van der Waals surface area contributed by atoms with E-state index in [1.807, 2.05) is 0 Å². The van der Waals surface area contributed by atoms with Crippen molar-refractivity contribution in [3.05, 3.63) is 0 Å². The van der Waals surface area contributed by atoms with Gasteiger partial charge in [-0.2, -0.15) is 0 Å². The number of unbranched alkanes of at least 4 members (excludes halogenated alkanes) is 6. The quantitative estimate of drug-likeness (QED) is 0.216. The van der Waals surface area contributed by atoms with E-state index < -0.39 is 17.9 Å². The van der Waals surface area contributed by atoms with Crippen molar-refractivity contribution in [3.8, 4) is 0 Å². The summed E-state index contributed by atoms with van der Waals surface area (Å²) >= 11 is 0. The van der Waals surface area contributed by atoms with E-state index in [0.29, 0.717) is 0 Å². The summed E-state index contributed by atoms with van der Waals surface area (Å²) in [6.45, 7) is 13.1. The second kappa shape index (κ2) is 30.8. The van der Waals surface area contributed by atoms with Gasteiger partial charge in [-0.15, -0.1) is 0 Å². The summed E-state index contributed by atoms with van der Waals surface area (Å²) in [7, 11) is 0. The summed E-state index contributed by atoms with van der Waals surface area (Å²) in [5.74, 6) is -0.562. The number of aliphatic carboxylic acids is 3. The van der Waals surface area contributed by atoms with Crippen LogP contribution in [0.4, 0.5) is 0 Å². The van der Waals surface area contributed by atoms with E-state index in [4.69, 9.17) is 0 Å². The van der Waals surface area contributed by atoms with Crippen LogP contribution >= 0.6 is 0 Å². The van der Waals surface area contributed by atoms with Gasteiger partial charge in [-0.25, -0.2) is 0 Å². The molecule has 7 heteroatoms. The number of carboxylic acids is 3. The van der Waals surface area contributed by atoms with Gasteiger partial charge in [0.2, 0.25) is 0 Å². The summed E-state index contributed by atoms with van der Waals surface area (Å²) in [5.41, 5.74) is 0. The molecule has 0 fully saturated rings. The molecule has 0 aliphatic carbocycles. The van der Waals surface area contributed by atoms with Crippen LogP contribution < -0.4 is 15.3 Å². The molecule has 6 nitrogen and oxygen atoms in total. The molecule has 0 aliphatic rings. The number of rotatable bonds is 18. The molecule has 0 atom stereocenters. The number of carbonyl (C=O) groups excluding carboxylic acids is 3. The second-order valence-corrected chi connectivity index (χ2v) is 10.1. The van der Waals surface area contributed by atoms with Crippen LogP contribution in [-0.4, -0.2) is 17.9 Å². The molecule has 0 aromatic carbocycles. The van der Waals surface area contributed by atoms with E-state index >= 15 is 0 Å². The number of hydrogen-bond donors (Lipinski definition) is 0. The Morgan fingerprint density at radius 1 is 0.441 bits per heavy atom. The molecule has 0 N–H and O–H groups in total. The number of carbonyl (C=O) groups is 3. The van der Waals surface area contributed by atoms with Crippen LogP contribution in [-0.2, 0) is 14.4 Å². The predicted octanol–water partition coefficient (Wildman–Crippen LogP) is 4.03. The fourth-order valence-corrected chi connectivity index (χ4v) is 3.00. The molecule has 1 radical (unpaired) electrons. The van der Waals surface area contributed by atoms with Crippen molar-refractivity contribution in [1.29, 1.82) is 0 Å². The van der Waals surface area contributed by atoms with Crippen LogP contribution in [0.1, 0.15) is 138 Å². The van der Waals surface area contributed by atoms with Crippen molar-refractivity contribution in [3.63, 3.8) is 0 Å². The van der Waals surface area contributed by atoms with Gasteiger partial charge in [0.25, 0.3) is 0 Å². The summed E-state index contributed by atoms with van der Waals surface area (Å²) in [6, 6.07) is 0. The van der Waals surface area contributed by atoms with Crippen LogP contribution in [0.3, 0.4) is 0 Å². The molecule has 0 aliphatic heterocycles. The summed E-state index contributed by atoms with van der Waals surface area (Å²) in [5, 5.41) is 30.0. The maximum atomic E-state index is 9.99. The SMILES string of the molecule is CC(C)CCCCCC(=O)[O-].CC(C)CCCCCC(=O)[O-].CC(C)CCCCCC(=O)[O-].[Ce+3]. The molecule has 0 unspecified atom stereocenters. The molecular weight excluding hydrogens is 560 g/mol. The Bertz CT molecular complexity index is 397. The maximum Gasteiger partial charge on any atom is 3.00 e. The molecule has 199 valence electrons. The minimum Gasteiger partial charge on any atom is -0.550 e. The Morgan fingerprint density at radius 3 is 0.794 bits per heavy atom. The first-order valence-corrected chi connectivity index (χ1v) is 13.0. The van der Waals surface area contributed by atoms with Crippen LogP contribution in [0.15, 0.2) is 0 Å². The molecule has 0 spiro atoms. The van der Waals surface area contributed by atoms with Crippen LogP contribution in [0.2, 0.25) is 0 Å². The Morgan fingerprint density at radius 2 is 0.647 bits per heavy atom. The normalized spacial score (nSPS) is 10.1. The number of carboxylic acid groups (broad SMARTS) is 3. The predicted molar refractivity (Wildman–Crippen MR) is 129 cm³/mol. The fourth-order valence-electron chi connectivity index (χ4n) is 3.00. The first kappa shape index (κ1) is 40.9. The topological polar surface area (TPSA) is 120 Å². The third-order valence-corrected chi connectivity index (χ3v) is 4.99. The van der Waals surface area contributed by atoms with E-state index in [1.165, 1.54) is 19.3 Å². The first-order chi connectivity index (χ1) is 15.4. The van der Waals surface area contributed by atoms with Crippen LogP contribution in [0, 0.1) is 59.5 Å². The molecule has 0 heterocycles. The Balaban J connectivity index is -0.000000196. The first-order valence-electron chi connectivity index (χ1n) is 13.0. The zero-order valence-corrected chi connectivity index (χ0v) is 25.9. The van der Waals surface area contributed by atoms with Gasteiger partial charge < -0.3 is 29.7 Å². The smallest absolute Gasteiger partial charge is 0.550 e. The minimum absolute atomic E-state index is 0. The molecule has 0 aromatic heterocycles. The Kier molecular flexibility index (Phi) is 37.1. The zero-order valence-electron chi connectivity index (χ0n) is 22.8. The Hall–Kier alpha value is -0.213. The molecule has 0 saturated carbocycles. The third-order valence-electron chi connectivity index (χ3n) is 4.99. The summed E-state index contributed by atoms with van der Waals surface area (Å²) in [6.07, 6.45) is 13.1. The summed E-state index contributed by atoms with van der Waals surface area (Å²) in [4.78, 5) is 30.0. The van der Waals surface area contributed by atoms with E-state index in [9.17, 15) is 29.7 Å². The molecule has 0 amide bonds. The third kappa shape index (κ3) is 53.2. The van der Waals surface area contributed by atoms with Crippen molar-refractivity contribution >= 4 is 17.9 Å². The van der Waals surface area contributed by atoms with Crippen molar-refractivity contribution in [2.75, 3.05) is 0 Å². The van der Waals surface area contributed by atoms with Gasteiger partial charge in [-0.1, -0.05) is 99.3 Å². The zero-order chi connectivity index (χ0) is 26.1. The van der Waals surface area contributed by atoms with Crippen molar-refractivity contribution < 1.29 is 71.5 Å². The van der Waals surface area contributed by atoms with Gasteiger partial charge in [0.15, 0.2) is 0 Å². The molecule has 0 aromatic rings. The largest absolute Gasteiger partial charge is 3.00 e. The van der Waals surface area contributed by atoms with Gasteiger partial charge >= 0.3 is 41.7 Å². The van der Waals surface area contributed by atoms with Gasteiger partial charge in [0.1, 0.15) is 0 Å². The molecule has 0 saturated heterocycles. The van der Waals surface area contributed by atoms with Gasteiger partial charge in [0, 0.05) is 17.9 Å². The standard InChI is InChI=1S/3C9H18O2.Ce/c3*1-8(2)6-4-3-5-7-9(10)11;/h3*8H,3-7H2,1-2H3,(H,10,11);/q;;;+3/p-3. The summed E-state index contributed by atoms with van der Waals surface area (Å²) < 4.78 is 0. The average molecular weight is 612 g/mol. The second-order valence-electron chi connectivity index (χ2n) is 10.1. The van der Waals surface area contributed by atoms with E-state index in [0.717, 1.165) is 75.5 Å². The molecular formula is C27H51CeO6. The van der Waals surface area contributed by atoms with E-state index in [1.54, 1.807) is 0 Å². The fraction of sp³-hybridized carbons (Fsp3) is 0.889. The van der Waals surface area contributed by atoms with E-state index in [2.05, 4.69) is 41.5 Å². The monoisotopic (exact) mass is 611 g/mol. The van der Waals surface area contributed by atoms with Crippen molar-refractivity contribution in [1.82, 2.24) is 0 Å². The molecule has 0 rings (SSSR count). The minimum atomic E-state index is -0.922. The maximum absolute atomic E-state index is 9.99. The van der Waals surface area contributed by atoms with Crippen molar-refractivity contribution in [2.45, 2.75) is 138 Å². The molecule has 34 heavy (non-hydrogen) atoms. The molecule has 0 bridgehead atoms. The van der Waals surface area contributed by atoms with Crippen LogP contribution in [0.5, 0.6) is 0 Å². The average Bonchev–Trinajstić information content (AvgIpc) is 2.67. The Labute approximate surface area is 243 Å².